The van der Waals surface area contributed by atoms with Crippen LogP contribution in [0.4, 0.5) is 0 Å². The van der Waals surface area contributed by atoms with E-state index in [0.29, 0.717) is 22.6 Å². The largest absolute Gasteiger partial charge is 0.346 e. The van der Waals surface area contributed by atoms with Crippen LogP contribution in [0.2, 0.25) is 0 Å². The van der Waals surface area contributed by atoms with Gasteiger partial charge in [-0.25, -0.2) is 4.98 Å². The molecule has 1 aromatic heterocycles. The first-order valence-electron chi connectivity index (χ1n) is 11.2. The lowest BCUT2D eigenvalue weighted by Gasteiger charge is -2.43. The molecule has 1 heterocycles. The molecular formula is C27H25N3O2S. The van der Waals surface area contributed by atoms with Crippen LogP contribution in [0.25, 0.3) is 10.9 Å². The van der Waals surface area contributed by atoms with E-state index in [1.54, 1.807) is 10.6 Å². The van der Waals surface area contributed by atoms with Crippen LogP contribution in [0.1, 0.15) is 30.4 Å². The Bertz CT molecular complexity index is 1330. The highest BCUT2D eigenvalue weighted by molar-refractivity contribution is 7.99. The van der Waals surface area contributed by atoms with Gasteiger partial charge >= 0.3 is 0 Å². The fraction of sp³-hybridized carbons (Fsp3) is 0.222. The van der Waals surface area contributed by atoms with E-state index in [2.05, 4.69) is 17.4 Å². The van der Waals surface area contributed by atoms with Gasteiger partial charge in [-0.05, 0) is 42.5 Å². The number of hydrogen-bond acceptors (Lipinski definition) is 4. The second-order valence-corrected chi connectivity index (χ2v) is 9.37. The first-order valence-corrected chi connectivity index (χ1v) is 12.2. The molecule has 0 bridgehead atoms. The fourth-order valence-electron chi connectivity index (χ4n) is 4.37. The predicted octanol–water partition coefficient (Wildman–Crippen LogP) is 4.73. The molecule has 4 aromatic rings. The number of fused-ring (bicyclic) bond motifs is 1. The number of thioether (sulfide) groups is 1. The second-order valence-electron chi connectivity index (χ2n) is 8.43. The summed E-state index contributed by atoms with van der Waals surface area (Å²) in [7, 11) is 0. The molecule has 1 aliphatic carbocycles. The summed E-state index contributed by atoms with van der Waals surface area (Å²) in [6.07, 6.45) is 2.99. The SMILES string of the molecule is O=C(CSc1nc2ccccc2c(=O)n1Cc1ccccc1)NC1(c2ccccc2)CCC1. The highest BCUT2D eigenvalue weighted by Gasteiger charge is 2.39. The lowest BCUT2D eigenvalue weighted by atomic mass is 9.72. The number of benzene rings is 3. The van der Waals surface area contributed by atoms with Crippen molar-refractivity contribution >= 4 is 28.6 Å². The average Bonchev–Trinajstić information content (AvgIpc) is 2.83. The zero-order valence-electron chi connectivity index (χ0n) is 18.2. The lowest BCUT2D eigenvalue weighted by Crippen LogP contribution is -2.51. The normalized spacial score (nSPS) is 14.5. The summed E-state index contributed by atoms with van der Waals surface area (Å²) < 4.78 is 1.67. The minimum absolute atomic E-state index is 0.0442. The zero-order valence-corrected chi connectivity index (χ0v) is 19.1. The van der Waals surface area contributed by atoms with Gasteiger partial charge in [0.25, 0.3) is 5.56 Å². The standard InChI is InChI=1S/C27H25N3O2S/c31-24(29-27(16-9-17-27)21-12-5-2-6-13-21)19-33-26-28-23-15-8-7-14-22(23)25(32)30(26)18-20-10-3-1-4-11-20/h1-8,10-15H,9,16-19H2,(H,29,31). The highest BCUT2D eigenvalue weighted by atomic mass is 32.2. The van der Waals surface area contributed by atoms with Crippen molar-refractivity contribution in [1.82, 2.24) is 14.9 Å². The Morgan fingerprint density at radius 1 is 0.939 bits per heavy atom. The van der Waals surface area contributed by atoms with E-state index < -0.39 is 0 Å². The summed E-state index contributed by atoms with van der Waals surface area (Å²) in [6.45, 7) is 0.412. The van der Waals surface area contributed by atoms with Crippen LogP contribution >= 0.6 is 11.8 Å². The highest BCUT2D eigenvalue weighted by Crippen LogP contribution is 2.41. The average molecular weight is 456 g/mol. The molecule has 1 N–H and O–H groups in total. The fourth-order valence-corrected chi connectivity index (χ4v) is 5.17. The maximum Gasteiger partial charge on any atom is 0.262 e. The van der Waals surface area contributed by atoms with Crippen molar-refractivity contribution in [2.75, 3.05) is 5.75 Å². The van der Waals surface area contributed by atoms with E-state index in [9.17, 15) is 9.59 Å². The van der Waals surface area contributed by atoms with Crippen LogP contribution in [-0.4, -0.2) is 21.2 Å². The molecular weight excluding hydrogens is 430 g/mol. The van der Waals surface area contributed by atoms with Gasteiger partial charge in [0.15, 0.2) is 5.16 Å². The van der Waals surface area contributed by atoms with Crippen molar-refractivity contribution in [3.63, 3.8) is 0 Å². The second kappa shape index (κ2) is 9.24. The first-order chi connectivity index (χ1) is 16.1. The van der Waals surface area contributed by atoms with Gasteiger partial charge in [0.2, 0.25) is 5.91 Å². The number of para-hydroxylation sites is 1. The van der Waals surface area contributed by atoms with Crippen molar-refractivity contribution in [1.29, 1.82) is 0 Å². The summed E-state index contributed by atoms with van der Waals surface area (Å²) >= 11 is 1.31. The van der Waals surface area contributed by atoms with E-state index >= 15 is 0 Å². The van der Waals surface area contributed by atoms with E-state index in [4.69, 9.17) is 4.98 Å². The van der Waals surface area contributed by atoms with Crippen molar-refractivity contribution in [2.24, 2.45) is 0 Å². The summed E-state index contributed by atoms with van der Waals surface area (Å²) in [4.78, 5) is 31.0. The minimum atomic E-state index is -0.278. The monoisotopic (exact) mass is 455 g/mol. The van der Waals surface area contributed by atoms with Gasteiger partial charge in [-0.2, -0.15) is 0 Å². The summed E-state index contributed by atoms with van der Waals surface area (Å²) in [5.41, 5.74) is 2.45. The first kappa shape index (κ1) is 21.5. The molecule has 1 amide bonds. The molecule has 0 aliphatic heterocycles. The topological polar surface area (TPSA) is 64.0 Å². The van der Waals surface area contributed by atoms with E-state index in [1.807, 2.05) is 66.7 Å². The van der Waals surface area contributed by atoms with Gasteiger partial charge in [-0.3, -0.25) is 14.2 Å². The molecule has 6 heteroatoms. The molecule has 1 fully saturated rings. The molecule has 166 valence electrons. The van der Waals surface area contributed by atoms with Crippen LogP contribution in [0.15, 0.2) is 94.9 Å². The third kappa shape index (κ3) is 4.44. The third-order valence-corrected chi connectivity index (χ3v) is 7.23. The van der Waals surface area contributed by atoms with Gasteiger partial charge in [0.1, 0.15) is 0 Å². The van der Waals surface area contributed by atoms with Crippen molar-refractivity contribution in [3.8, 4) is 0 Å². The number of carbonyl (C=O) groups is 1. The number of aromatic nitrogens is 2. The Balaban J connectivity index is 1.39. The Hall–Kier alpha value is -3.38. The Morgan fingerprint density at radius 3 is 2.30 bits per heavy atom. The number of rotatable bonds is 7. The summed E-state index contributed by atoms with van der Waals surface area (Å²) in [6, 6.07) is 27.4. The molecule has 0 spiro atoms. The smallest absolute Gasteiger partial charge is 0.262 e. The van der Waals surface area contributed by atoms with E-state index in [-0.39, 0.29) is 22.8 Å². The Kier molecular flexibility index (Phi) is 6.01. The van der Waals surface area contributed by atoms with Gasteiger partial charge < -0.3 is 5.32 Å². The third-order valence-electron chi connectivity index (χ3n) is 6.25. The van der Waals surface area contributed by atoms with Crippen LogP contribution in [0.3, 0.4) is 0 Å². The number of nitrogens with zero attached hydrogens (tertiary/aromatic N) is 2. The lowest BCUT2D eigenvalue weighted by molar-refractivity contribution is -0.121. The van der Waals surface area contributed by atoms with Gasteiger partial charge in [-0.1, -0.05) is 84.6 Å². The molecule has 0 unspecified atom stereocenters. The van der Waals surface area contributed by atoms with Crippen LogP contribution in [0, 0.1) is 0 Å². The maximum atomic E-state index is 13.3. The molecule has 0 saturated heterocycles. The molecule has 3 aromatic carbocycles. The summed E-state index contributed by atoms with van der Waals surface area (Å²) in [5, 5.41) is 4.40. The minimum Gasteiger partial charge on any atom is -0.346 e. The molecule has 0 radical (unpaired) electrons. The number of carbonyl (C=O) groups excluding carboxylic acids is 1. The van der Waals surface area contributed by atoms with E-state index in [0.717, 1.165) is 30.4 Å². The molecule has 5 nitrogen and oxygen atoms in total. The van der Waals surface area contributed by atoms with Crippen molar-refractivity contribution in [3.05, 3.63) is 106 Å². The Labute approximate surface area is 196 Å². The molecule has 0 atom stereocenters. The predicted molar refractivity (Wildman–Crippen MR) is 132 cm³/mol. The number of hydrogen-bond donors (Lipinski definition) is 1. The number of amides is 1. The Morgan fingerprint density at radius 2 is 1.61 bits per heavy atom. The van der Waals surface area contributed by atoms with E-state index in [1.165, 1.54) is 11.8 Å². The summed E-state index contributed by atoms with van der Waals surface area (Å²) in [5.74, 6) is 0.158. The van der Waals surface area contributed by atoms with Crippen LogP contribution < -0.4 is 10.9 Å². The van der Waals surface area contributed by atoms with Crippen LogP contribution in [0.5, 0.6) is 0 Å². The van der Waals surface area contributed by atoms with Crippen molar-refractivity contribution in [2.45, 2.75) is 36.5 Å². The van der Waals surface area contributed by atoms with Gasteiger partial charge in [0.05, 0.1) is 28.7 Å². The molecule has 5 rings (SSSR count). The molecule has 1 aliphatic rings. The quantitative estimate of drug-likeness (QED) is 0.323. The molecule has 33 heavy (non-hydrogen) atoms. The number of nitrogens with one attached hydrogen (secondary N) is 1. The molecule has 1 saturated carbocycles. The van der Waals surface area contributed by atoms with Crippen molar-refractivity contribution < 1.29 is 4.79 Å². The van der Waals surface area contributed by atoms with Gasteiger partial charge in [-0.15, -0.1) is 0 Å². The maximum absolute atomic E-state index is 13.3. The van der Waals surface area contributed by atoms with Gasteiger partial charge in [0, 0.05) is 0 Å². The van der Waals surface area contributed by atoms with Crippen LogP contribution in [-0.2, 0) is 16.9 Å². The zero-order chi connectivity index (χ0) is 22.7.